The Bertz CT molecular complexity index is 720. The Morgan fingerprint density at radius 1 is 1.12 bits per heavy atom. The number of anilines is 1. The van der Waals surface area contributed by atoms with E-state index in [1.807, 2.05) is 24.3 Å². The lowest BCUT2D eigenvalue weighted by atomic mass is 9.78. The van der Waals surface area contributed by atoms with E-state index in [0.29, 0.717) is 17.5 Å². The molecule has 1 spiro atoms. The Hall–Kier alpha value is -2.06. The van der Waals surface area contributed by atoms with Crippen molar-refractivity contribution in [1.82, 2.24) is 4.90 Å². The van der Waals surface area contributed by atoms with Gasteiger partial charge in [0.1, 0.15) is 6.07 Å². The number of aliphatic hydroxyl groups excluding tert-OH is 1. The van der Waals surface area contributed by atoms with Crippen molar-refractivity contribution < 1.29 is 9.90 Å². The van der Waals surface area contributed by atoms with Crippen molar-refractivity contribution in [3.63, 3.8) is 0 Å². The third kappa shape index (κ3) is 2.97. The highest BCUT2D eigenvalue weighted by atomic mass is 16.3. The number of aliphatic hydroxyl groups is 1. The molecule has 1 N–H and O–H groups in total. The van der Waals surface area contributed by atoms with E-state index in [9.17, 15) is 15.2 Å². The summed E-state index contributed by atoms with van der Waals surface area (Å²) in [5.41, 5.74) is 1.35. The van der Waals surface area contributed by atoms with Crippen molar-refractivity contribution in [3.8, 4) is 6.07 Å². The number of likely N-dealkylation sites (tertiary alicyclic amines) is 1. The summed E-state index contributed by atoms with van der Waals surface area (Å²) in [6.07, 6.45) is 6.12. The van der Waals surface area contributed by atoms with Gasteiger partial charge in [-0.05, 0) is 57.1 Å². The average Bonchev–Trinajstić information content (AvgIpc) is 2.98. The van der Waals surface area contributed by atoms with Gasteiger partial charge in [0, 0.05) is 25.7 Å². The number of nitrogens with zero attached hydrogens (tertiary/aromatic N) is 3. The number of hydrogen-bond donors (Lipinski definition) is 1. The molecule has 0 radical (unpaired) electrons. The maximum absolute atomic E-state index is 13.4. The fourth-order valence-corrected chi connectivity index (χ4v) is 5.13. The van der Waals surface area contributed by atoms with Crippen molar-refractivity contribution in [3.05, 3.63) is 29.8 Å². The van der Waals surface area contributed by atoms with Crippen molar-refractivity contribution in [2.24, 2.45) is 5.41 Å². The Morgan fingerprint density at radius 3 is 2.65 bits per heavy atom. The van der Waals surface area contributed by atoms with Crippen LogP contribution in [0, 0.1) is 16.7 Å². The van der Waals surface area contributed by atoms with Crippen LogP contribution < -0.4 is 4.90 Å². The molecule has 5 nitrogen and oxygen atoms in total. The number of piperidine rings is 1. The van der Waals surface area contributed by atoms with Gasteiger partial charge in [-0.15, -0.1) is 0 Å². The van der Waals surface area contributed by atoms with E-state index in [1.165, 1.54) is 0 Å². The molecular weight excluding hydrogens is 326 g/mol. The van der Waals surface area contributed by atoms with E-state index in [-0.39, 0.29) is 11.5 Å². The zero-order chi connectivity index (χ0) is 18.1. The summed E-state index contributed by atoms with van der Waals surface area (Å²) in [5.74, 6) is 0.304. The van der Waals surface area contributed by atoms with Crippen LogP contribution in [0.3, 0.4) is 0 Å². The first-order valence-corrected chi connectivity index (χ1v) is 9.86. The minimum absolute atomic E-state index is 0.189. The highest BCUT2D eigenvalue weighted by molar-refractivity contribution is 5.86. The predicted octanol–water partition coefficient (Wildman–Crippen LogP) is 2.68. The monoisotopic (exact) mass is 353 g/mol. The van der Waals surface area contributed by atoms with Gasteiger partial charge in [-0.1, -0.05) is 12.1 Å². The van der Waals surface area contributed by atoms with Gasteiger partial charge < -0.3 is 14.9 Å². The van der Waals surface area contributed by atoms with Crippen LogP contribution >= 0.6 is 0 Å². The predicted molar refractivity (Wildman–Crippen MR) is 99.6 cm³/mol. The minimum atomic E-state index is -0.295. The number of hydrogen-bond acceptors (Lipinski definition) is 4. The Balaban J connectivity index is 1.52. The molecule has 4 rings (SSSR count). The van der Waals surface area contributed by atoms with E-state index in [4.69, 9.17) is 0 Å². The Labute approximate surface area is 155 Å². The van der Waals surface area contributed by atoms with Crippen LogP contribution in [-0.4, -0.2) is 47.7 Å². The first-order chi connectivity index (χ1) is 12.6. The summed E-state index contributed by atoms with van der Waals surface area (Å²) in [7, 11) is 0. The molecule has 138 valence electrons. The molecule has 2 saturated heterocycles. The molecule has 0 aromatic heterocycles. The van der Waals surface area contributed by atoms with E-state index in [1.54, 1.807) is 0 Å². The van der Waals surface area contributed by atoms with Crippen molar-refractivity contribution in [2.45, 2.75) is 57.1 Å². The molecule has 3 aliphatic rings. The van der Waals surface area contributed by atoms with Crippen LogP contribution in [0.1, 0.15) is 50.5 Å². The molecule has 1 saturated carbocycles. The quantitative estimate of drug-likeness (QED) is 0.888. The van der Waals surface area contributed by atoms with Crippen LogP contribution in [-0.2, 0) is 4.79 Å². The molecule has 1 amide bonds. The lowest BCUT2D eigenvalue weighted by Gasteiger charge is -2.41. The van der Waals surface area contributed by atoms with Crippen molar-refractivity contribution in [2.75, 3.05) is 24.5 Å². The highest BCUT2D eigenvalue weighted by Gasteiger charge is 2.50. The van der Waals surface area contributed by atoms with E-state index in [0.717, 1.165) is 70.3 Å². The number of amides is 1. The van der Waals surface area contributed by atoms with E-state index in [2.05, 4.69) is 15.9 Å². The molecule has 1 aliphatic carbocycles. The van der Waals surface area contributed by atoms with Crippen LogP contribution in [0.15, 0.2) is 24.3 Å². The lowest BCUT2D eigenvalue weighted by molar-refractivity contribution is -0.139. The van der Waals surface area contributed by atoms with Crippen LogP contribution in [0.4, 0.5) is 5.69 Å². The summed E-state index contributed by atoms with van der Waals surface area (Å²) in [6.45, 7) is 2.47. The van der Waals surface area contributed by atoms with Gasteiger partial charge in [-0.2, -0.15) is 5.26 Å². The number of carbonyl (C=O) groups excluding carboxylic acids is 1. The first kappa shape index (κ1) is 17.4. The molecule has 1 aromatic rings. The molecule has 5 heteroatoms. The van der Waals surface area contributed by atoms with Gasteiger partial charge >= 0.3 is 0 Å². The number of rotatable bonds is 2. The van der Waals surface area contributed by atoms with Gasteiger partial charge in [0.05, 0.1) is 22.8 Å². The maximum Gasteiger partial charge on any atom is 0.230 e. The molecule has 2 heterocycles. The van der Waals surface area contributed by atoms with E-state index < -0.39 is 0 Å². The van der Waals surface area contributed by atoms with Crippen molar-refractivity contribution in [1.29, 1.82) is 5.26 Å². The second-order valence-corrected chi connectivity index (χ2v) is 8.15. The minimum Gasteiger partial charge on any atom is -0.393 e. The molecule has 0 unspecified atom stereocenters. The third-order valence-electron chi connectivity index (χ3n) is 6.59. The van der Waals surface area contributed by atoms with Gasteiger partial charge in [0.25, 0.3) is 0 Å². The van der Waals surface area contributed by atoms with Gasteiger partial charge in [0.2, 0.25) is 5.91 Å². The lowest BCUT2D eigenvalue weighted by Crippen LogP contribution is -2.50. The standard InChI is InChI=1S/C21H27N3O2/c22-14-16-4-1-2-5-19(16)23-12-3-10-21(15-23)11-13-24(20(21)26)17-6-8-18(25)9-7-17/h1-2,4-5,17-18,25H,3,6-13,15H2/t17?,18?,21-/m1/s1. The molecule has 3 fully saturated rings. The normalized spacial score (nSPS) is 32.1. The summed E-state index contributed by atoms with van der Waals surface area (Å²) in [6, 6.07) is 10.3. The first-order valence-electron chi connectivity index (χ1n) is 9.86. The van der Waals surface area contributed by atoms with Crippen LogP contribution in [0.2, 0.25) is 0 Å². The second kappa shape index (κ2) is 6.92. The van der Waals surface area contributed by atoms with Gasteiger partial charge in [-0.25, -0.2) is 0 Å². The summed E-state index contributed by atoms with van der Waals surface area (Å²) < 4.78 is 0. The molecule has 2 aliphatic heterocycles. The Kier molecular flexibility index (Phi) is 4.62. The molecule has 0 bridgehead atoms. The smallest absolute Gasteiger partial charge is 0.230 e. The van der Waals surface area contributed by atoms with Crippen LogP contribution in [0.25, 0.3) is 0 Å². The zero-order valence-electron chi connectivity index (χ0n) is 15.2. The van der Waals surface area contributed by atoms with Crippen LogP contribution in [0.5, 0.6) is 0 Å². The number of benzene rings is 1. The second-order valence-electron chi connectivity index (χ2n) is 8.15. The number of carbonyl (C=O) groups is 1. The largest absolute Gasteiger partial charge is 0.393 e. The SMILES string of the molecule is N#Cc1ccccc1N1CCC[C@@]2(CCN(C3CCC(O)CC3)C2=O)C1. The molecule has 26 heavy (non-hydrogen) atoms. The maximum atomic E-state index is 13.4. The summed E-state index contributed by atoms with van der Waals surface area (Å²) >= 11 is 0. The highest BCUT2D eigenvalue weighted by Crippen LogP contribution is 2.43. The molecule has 1 aromatic carbocycles. The number of nitriles is 1. The topological polar surface area (TPSA) is 67.6 Å². The summed E-state index contributed by atoms with van der Waals surface area (Å²) in [4.78, 5) is 17.7. The van der Waals surface area contributed by atoms with E-state index >= 15 is 0 Å². The van der Waals surface area contributed by atoms with Gasteiger partial charge in [0.15, 0.2) is 0 Å². The molecular formula is C21H27N3O2. The average molecular weight is 353 g/mol. The number of para-hydroxylation sites is 1. The summed E-state index contributed by atoms with van der Waals surface area (Å²) in [5, 5.41) is 19.2. The fourth-order valence-electron chi connectivity index (χ4n) is 5.13. The fraction of sp³-hybridized carbons (Fsp3) is 0.619. The van der Waals surface area contributed by atoms with Crippen molar-refractivity contribution >= 4 is 11.6 Å². The Morgan fingerprint density at radius 2 is 1.88 bits per heavy atom. The third-order valence-corrected chi connectivity index (χ3v) is 6.59. The molecule has 1 atom stereocenters. The zero-order valence-corrected chi connectivity index (χ0v) is 15.2. The van der Waals surface area contributed by atoms with Gasteiger partial charge in [-0.3, -0.25) is 4.79 Å².